The van der Waals surface area contributed by atoms with Crippen molar-refractivity contribution in [2.24, 2.45) is 0 Å². The van der Waals surface area contributed by atoms with Crippen LogP contribution < -0.4 is 14.4 Å². The fourth-order valence-corrected chi connectivity index (χ4v) is 5.69. The number of benzene rings is 3. The van der Waals surface area contributed by atoms with E-state index < -0.39 is 10.0 Å². The summed E-state index contributed by atoms with van der Waals surface area (Å²) in [7, 11) is -3.77. The molecule has 4 rings (SSSR count). The number of para-hydroxylation sites is 1. The van der Waals surface area contributed by atoms with Gasteiger partial charge in [0, 0.05) is 13.1 Å². The largest absolute Gasteiger partial charge is 0.482 e. The first kappa shape index (κ1) is 23.1. The number of rotatable bonds is 8. The van der Waals surface area contributed by atoms with Gasteiger partial charge >= 0.3 is 0 Å². The van der Waals surface area contributed by atoms with Crippen molar-refractivity contribution in [2.75, 3.05) is 24.0 Å². The molecule has 0 unspecified atom stereocenters. The standard InChI is InChI=1S/C25H25ClN2O4S/c26-22-17-21(33(30,31)28-16-6-10-20-9-4-5-11-23(20)28)12-13-24(22)32-18-25(29)27-15-14-19-7-2-1-3-8-19/h1-5,7-9,11-13,17H,6,10,14-16,18H2,(H,27,29). The number of carbonyl (C=O) groups excluding carboxylic acids is 1. The first-order valence-electron chi connectivity index (χ1n) is 10.8. The first-order valence-corrected chi connectivity index (χ1v) is 12.6. The number of aryl methyl sites for hydroxylation is 1. The van der Waals surface area contributed by atoms with E-state index in [1.807, 2.05) is 54.6 Å². The molecule has 3 aromatic carbocycles. The summed E-state index contributed by atoms with van der Waals surface area (Å²) >= 11 is 6.30. The van der Waals surface area contributed by atoms with Gasteiger partial charge in [0.25, 0.3) is 15.9 Å². The molecule has 0 aliphatic carbocycles. The van der Waals surface area contributed by atoms with Crippen molar-refractivity contribution in [3.63, 3.8) is 0 Å². The average molecular weight is 485 g/mol. The summed E-state index contributed by atoms with van der Waals surface area (Å²) in [4.78, 5) is 12.2. The Kier molecular flexibility index (Phi) is 7.20. The van der Waals surface area contributed by atoms with Crippen LogP contribution in [0.3, 0.4) is 0 Å². The van der Waals surface area contributed by atoms with Crippen molar-refractivity contribution >= 4 is 33.2 Å². The highest BCUT2D eigenvalue weighted by atomic mass is 35.5. The van der Waals surface area contributed by atoms with Crippen LogP contribution in [0, 0.1) is 0 Å². The molecule has 1 aliphatic rings. The lowest BCUT2D eigenvalue weighted by Gasteiger charge is -2.30. The molecule has 0 atom stereocenters. The van der Waals surface area contributed by atoms with Gasteiger partial charge in [0.2, 0.25) is 0 Å². The maximum atomic E-state index is 13.3. The highest BCUT2D eigenvalue weighted by molar-refractivity contribution is 7.92. The number of amides is 1. The zero-order valence-corrected chi connectivity index (χ0v) is 19.6. The molecule has 6 nitrogen and oxygen atoms in total. The molecule has 0 bridgehead atoms. The van der Waals surface area contributed by atoms with E-state index in [1.165, 1.54) is 22.5 Å². The van der Waals surface area contributed by atoms with E-state index in [0.29, 0.717) is 18.8 Å². The second-order valence-electron chi connectivity index (χ2n) is 7.78. The lowest BCUT2D eigenvalue weighted by Crippen LogP contribution is -2.35. The Hall–Kier alpha value is -3.03. The average Bonchev–Trinajstić information content (AvgIpc) is 2.83. The fraction of sp³-hybridized carbons (Fsp3) is 0.240. The number of anilines is 1. The summed E-state index contributed by atoms with van der Waals surface area (Å²) in [6.45, 7) is 0.701. The van der Waals surface area contributed by atoms with E-state index in [9.17, 15) is 13.2 Å². The molecule has 1 heterocycles. The summed E-state index contributed by atoms with van der Waals surface area (Å²) in [6.07, 6.45) is 2.33. The third kappa shape index (κ3) is 5.49. The molecular weight excluding hydrogens is 460 g/mol. The Morgan fingerprint density at radius 2 is 1.79 bits per heavy atom. The molecule has 1 amide bonds. The summed E-state index contributed by atoms with van der Waals surface area (Å²) in [6, 6.07) is 21.7. The van der Waals surface area contributed by atoms with E-state index in [2.05, 4.69) is 5.32 Å². The van der Waals surface area contributed by atoms with Crippen molar-refractivity contribution in [1.29, 1.82) is 0 Å². The normalized spacial score (nSPS) is 13.3. The Bertz CT molecular complexity index is 1230. The second kappa shape index (κ2) is 10.3. The van der Waals surface area contributed by atoms with Crippen molar-refractivity contribution in [3.05, 3.63) is 88.9 Å². The number of carbonyl (C=O) groups is 1. The van der Waals surface area contributed by atoms with E-state index in [1.54, 1.807) is 0 Å². The predicted octanol–water partition coefficient (Wildman–Crippen LogP) is 4.22. The van der Waals surface area contributed by atoms with Crippen LogP contribution in [0.15, 0.2) is 77.7 Å². The van der Waals surface area contributed by atoms with Crippen molar-refractivity contribution in [2.45, 2.75) is 24.2 Å². The minimum absolute atomic E-state index is 0.0869. The Morgan fingerprint density at radius 3 is 2.58 bits per heavy atom. The molecule has 33 heavy (non-hydrogen) atoms. The number of fused-ring (bicyclic) bond motifs is 1. The Morgan fingerprint density at radius 1 is 1.03 bits per heavy atom. The zero-order chi connectivity index (χ0) is 23.3. The second-order valence-corrected chi connectivity index (χ2v) is 10.0. The molecule has 0 fully saturated rings. The maximum absolute atomic E-state index is 13.3. The minimum Gasteiger partial charge on any atom is -0.482 e. The fourth-order valence-electron chi connectivity index (χ4n) is 3.82. The van der Waals surface area contributed by atoms with Gasteiger partial charge in [-0.25, -0.2) is 8.42 Å². The van der Waals surface area contributed by atoms with E-state index in [4.69, 9.17) is 16.3 Å². The van der Waals surface area contributed by atoms with Crippen LogP contribution >= 0.6 is 11.6 Å². The number of sulfonamides is 1. The quantitative estimate of drug-likeness (QED) is 0.519. The summed E-state index contributed by atoms with van der Waals surface area (Å²) in [5, 5.41) is 2.94. The molecule has 0 saturated carbocycles. The molecule has 0 spiro atoms. The minimum atomic E-state index is -3.77. The number of nitrogens with one attached hydrogen (secondary N) is 1. The Labute approximate surface area is 199 Å². The predicted molar refractivity (Wildman–Crippen MR) is 129 cm³/mol. The van der Waals surface area contributed by atoms with Crippen LogP contribution in [0.25, 0.3) is 0 Å². The molecule has 0 aromatic heterocycles. The van der Waals surface area contributed by atoms with Crippen LogP contribution in [0.2, 0.25) is 5.02 Å². The number of ether oxygens (including phenoxy) is 1. The van der Waals surface area contributed by atoms with Crippen molar-refractivity contribution < 1.29 is 17.9 Å². The Balaban J connectivity index is 1.37. The van der Waals surface area contributed by atoms with Crippen LogP contribution in [-0.2, 0) is 27.7 Å². The molecule has 0 radical (unpaired) electrons. The van der Waals surface area contributed by atoms with Gasteiger partial charge in [-0.05, 0) is 54.7 Å². The van der Waals surface area contributed by atoms with Crippen molar-refractivity contribution in [3.8, 4) is 5.75 Å². The molecule has 0 saturated heterocycles. The van der Waals surface area contributed by atoms with Gasteiger partial charge in [-0.15, -0.1) is 0 Å². The SMILES string of the molecule is O=C(COc1ccc(S(=O)(=O)N2CCCc3ccccc32)cc1Cl)NCCc1ccccc1. The van der Waals surface area contributed by atoms with Crippen LogP contribution in [-0.4, -0.2) is 34.0 Å². The molecule has 1 aliphatic heterocycles. The van der Waals surface area contributed by atoms with E-state index in [-0.39, 0.29) is 28.2 Å². The monoisotopic (exact) mass is 484 g/mol. The first-order chi connectivity index (χ1) is 15.9. The molecular formula is C25H25ClN2O4S. The van der Waals surface area contributed by atoms with Gasteiger partial charge < -0.3 is 10.1 Å². The third-order valence-electron chi connectivity index (χ3n) is 5.50. The third-order valence-corrected chi connectivity index (χ3v) is 7.60. The van der Waals surface area contributed by atoms with Gasteiger partial charge in [0.15, 0.2) is 6.61 Å². The van der Waals surface area contributed by atoms with Crippen LogP contribution in [0.1, 0.15) is 17.5 Å². The van der Waals surface area contributed by atoms with Gasteiger partial charge in [0.1, 0.15) is 5.75 Å². The van der Waals surface area contributed by atoms with Gasteiger partial charge in [0.05, 0.1) is 15.6 Å². The maximum Gasteiger partial charge on any atom is 0.264 e. The number of hydrogen-bond acceptors (Lipinski definition) is 4. The summed E-state index contributed by atoms with van der Waals surface area (Å²) in [5.41, 5.74) is 2.85. The number of nitrogens with zero attached hydrogens (tertiary/aromatic N) is 1. The number of halogens is 1. The van der Waals surface area contributed by atoms with Crippen LogP contribution in [0.5, 0.6) is 5.75 Å². The molecule has 1 N–H and O–H groups in total. The lowest BCUT2D eigenvalue weighted by molar-refractivity contribution is -0.123. The number of hydrogen-bond donors (Lipinski definition) is 1. The van der Waals surface area contributed by atoms with Gasteiger partial charge in [-0.2, -0.15) is 0 Å². The molecule has 8 heteroatoms. The summed E-state index contributed by atoms with van der Waals surface area (Å²) in [5.74, 6) is -0.0171. The smallest absolute Gasteiger partial charge is 0.264 e. The van der Waals surface area contributed by atoms with Gasteiger partial charge in [-0.1, -0.05) is 60.1 Å². The van der Waals surface area contributed by atoms with E-state index >= 15 is 0 Å². The summed E-state index contributed by atoms with van der Waals surface area (Å²) < 4.78 is 33.5. The van der Waals surface area contributed by atoms with Gasteiger partial charge in [-0.3, -0.25) is 9.10 Å². The zero-order valence-electron chi connectivity index (χ0n) is 18.0. The van der Waals surface area contributed by atoms with Crippen LogP contribution in [0.4, 0.5) is 5.69 Å². The lowest BCUT2D eigenvalue weighted by atomic mass is 10.0. The highest BCUT2D eigenvalue weighted by Crippen LogP contribution is 2.34. The highest BCUT2D eigenvalue weighted by Gasteiger charge is 2.29. The molecule has 172 valence electrons. The van der Waals surface area contributed by atoms with E-state index in [0.717, 1.165) is 30.4 Å². The topological polar surface area (TPSA) is 75.7 Å². The van der Waals surface area contributed by atoms with Crippen molar-refractivity contribution in [1.82, 2.24) is 5.32 Å². The molecule has 3 aromatic rings.